The Balaban J connectivity index is 0.00000121. The molecule has 0 aliphatic heterocycles. The maximum absolute atomic E-state index is 4.58. The zero-order chi connectivity index (χ0) is 12.7. The predicted octanol–water partition coefficient (Wildman–Crippen LogP) is 4.91. The van der Waals surface area contributed by atoms with Crippen molar-refractivity contribution in [2.24, 2.45) is 0 Å². The molecular weight excluding hydrogens is 442 g/mol. The Labute approximate surface area is 134 Å². The number of aromatic nitrogens is 1. The molecule has 0 saturated carbocycles. The van der Waals surface area contributed by atoms with Crippen molar-refractivity contribution in [2.45, 2.75) is 0 Å². The Morgan fingerprint density at radius 1 is 0.950 bits per heavy atom. The Kier molecular flexibility index (Phi) is 3.66. The second kappa shape index (κ2) is 5.45. The summed E-state index contributed by atoms with van der Waals surface area (Å²) >= 11 is 1.73. The molecular formula is C17H10IrNS-. The molecule has 2 aromatic heterocycles. The fourth-order valence-corrected chi connectivity index (χ4v) is 3.32. The van der Waals surface area contributed by atoms with E-state index in [1.54, 1.807) is 11.3 Å². The van der Waals surface area contributed by atoms with Gasteiger partial charge in [0.15, 0.2) is 0 Å². The van der Waals surface area contributed by atoms with Gasteiger partial charge in [-0.1, -0.05) is 29.7 Å². The minimum atomic E-state index is 0. The average Bonchev–Trinajstić information content (AvgIpc) is 2.95. The molecule has 4 rings (SSSR count). The smallest absolute Gasteiger partial charge is 0.0186 e. The average molecular weight is 453 g/mol. The third-order valence-electron chi connectivity index (χ3n) is 3.33. The second-order valence-corrected chi connectivity index (χ2v) is 5.35. The SMILES string of the molecule is [Ir].[c-]1ccc2ccccc2c1-c1nccc2ccsc12. The first-order chi connectivity index (χ1) is 9.43. The number of nitrogens with zero attached hydrogens (tertiary/aromatic N) is 1. The third-order valence-corrected chi connectivity index (χ3v) is 4.26. The van der Waals surface area contributed by atoms with Crippen LogP contribution in [0.2, 0.25) is 0 Å². The van der Waals surface area contributed by atoms with Gasteiger partial charge in [-0.15, -0.1) is 29.1 Å². The van der Waals surface area contributed by atoms with E-state index in [4.69, 9.17) is 0 Å². The van der Waals surface area contributed by atoms with E-state index in [9.17, 15) is 0 Å². The van der Waals surface area contributed by atoms with E-state index in [2.05, 4.69) is 58.9 Å². The van der Waals surface area contributed by atoms with Crippen molar-refractivity contribution in [3.8, 4) is 11.3 Å². The summed E-state index contributed by atoms with van der Waals surface area (Å²) < 4.78 is 1.23. The van der Waals surface area contributed by atoms with Crippen molar-refractivity contribution >= 4 is 32.2 Å². The fourth-order valence-electron chi connectivity index (χ4n) is 2.43. The van der Waals surface area contributed by atoms with Gasteiger partial charge in [0.25, 0.3) is 0 Å². The van der Waals surface area contributed by atoms with Crippen LogP contribution in [0.1, 0.15) is 0 Å². The van der Waals surface area contributed by atoms with E-state index in [-0.39, 0.29) is 20.1 Å². The van der Waals surface area contributed by atoms with E-state index in [0.29, 0.717) is 0 Å². The number of rotatable bonds is 1. The Bertz CT molecular complexity index is 877. The number of hydrogen-bond acceptors (Lipinski definition) is 2. The maximum atomic E-state index is 4.58. The monoisotopic (exact) mass is 453 g/mol. The molecule has 1 nitrogen and oxygen atoms in total. The Morgan fingerprint density at radius 2 is 1.85 bits per heavy atom. The van der Waals surface area contributed by atoms with Gasteiger partial charge >= 0.3 is 0 Å². The number of benzene rings is 2. The van der Waals surface area contributed by atoms with Crippen molar-refractivity contribution in [2.75, 3.05) is 0 Å². The molecule has 3 heteroatoms. The molecule has 0 spiro atoms. The number of hydrogen-bond donors (Lipinski definition) is 0. The van der Waals surface area contributed by atoms with Gasteiger partial charge in [-0.05, 0) is 22.9 Å². The number of pyridine rings is 1. The first-order valence-electron chi connectivity index (χ1n) is 6.15. The summed E-state index contributed by atoms with van der Waals surface area (Å²) in [6.45, 7) is 0. The van der Waals surface area contributed by atoms with Crippen LogP contribution in [-0.2, 0) is 20.1 Å². The largest absolute Gasteiger partial charge is 0.303 e. The van der Waals surface area contributed by atoms with Crippen LogP contribution in [0.15, 0.2) is 60.1 Å². The van der Waals surface area contributed by atoms with Crippen LogP contribution in [0, 0.1) is 6.07 Å². The molecule has 4 aromatic rings. The summed E-state index contributed by atoms with van der Waals surface area (Å²) in [4.78, 5) is 4.58. The summed E-state index contributed by atoms with van der Waals surface area (Å²) in [5, 5.41) is 5.79. The topological polar surface area (TPSA) is 12.9 Å². The summed E-state index contributed by atoms with van der Waals surface area (Å²) in [6.07, 6.45) is 1.88. The van der Waals surface area contributed by atoms with Gasteiger partial charge in [0.1, 0.15) is 0 Å². The Hall–Kier alpha value is -1.54. The van der Waals surface area contributed by atoms with Crippen LogP contribution in [-0.4, -0.2) is 4.98 Å². The predicted molar refractivity (Wildman–Crippen MR) is 81.4 cm³/mol. The molecule has 0 atom stereocenters. The van der Waals surface area contributed by atoms with Crippen LogP contribution in [0.25, 0.3) is 32.1 Å². The maximum Gasteiger partial charge on any atom is 0.0186 e. The molecule has 2 aromatic carbocycles. The third kappa shape index (κ3) is 2.08. The molecule has 0 bridgehead atoms. The van der Waals surface area contributed by atoms with Crippen molar-refractivity contribution in [1.29, 1.82) is 0 Å². The number of fused-ring (bicyclic) bond motifs is 2. The van der Waals surface area contributed by atoms with E-state index >= 15 is 0 Å². The standard InChI is InChI=1S/C17H10NS.Ir/c1-2-6-14-12(4-1)5-3-7-15(14)16-17-13(8-10-18-16)9-11-19-17;/h1-6,8-11H;/q-1;. The molecule has 0 unspecified atom stereocenters. The van der Waals surface area contributed by atoms with Gasteiger partial charge in [0, 0.05) is 36.7 Å². The van der Waals surface area contributed by atoms with Crippen LogP contribution < -0.4 is 0 Å². The van der Waals surface area contributed by atoms with Crippen LogP contribution in [0.3, 0.4) is 0 Å². The minimum Gasteiger partial charge on any atom is -0.303 e. The van der Waals surface area contributed by atoms with Crippen LogP contribution in [0.4, 0.5) is 0 Å². The summed E-state index contributed by atoms with van der Waals surface area (Å²) in [7, 11) is 0. The molecule has 0 amide bonds. The molecule has 0 fully saturated rings. The number of thiophene rings is 1. The molecule has 0 aliphatic rings. The van der Waals surface area contributed by atoms with Crippen molar-refractivity contribution in [1.82, 2.24) is 4.98 Å². The van der Waals surface area contributed by atoms with Crippen molar-refractivity contribution in [3.63, 3.8) is 0 Å². The van der Waals surface area contributed by atoms with Crippen molar-refractivity contribution in [3.05, 3.63) is 66.2 Å². The molecule has 0 saturated heterocycles. The van der Waals surface area contributed by atoms with Gasteiger partial charge in [-0.3, -0.25) is 0 Å². The Morgan fingerprint density at radius 3 is 2.80 bits per heavy atom. The van der Waals surface area contributed by atoms with E-state index in [0.717, 1.165) is 11.3 Å². The van der Waals surface area contributed by atoms with Gasteiger partial charge < -0.3 is 4.98 Å². The molecule has 20 heavy (non-hydrogen) atoms. The first-order valence-corrected chi connectivity index (χ1v) is 7.03. The first kappa shape index (κ1) is 13.4. The van der Waals surface area contributed by atoms with Crippen LogP contribution in [0.5, 0.6) is 0 Å². The van der Waals surface area contributed by atoms with E-state index in [1.165, 1.54) is 20.9 Å². The summed E-state index contributed by atoms with van der Waals surface area (Å²) in [6, 6.07) is 20.0. The quantitative estimate of drug-likeness (QED) is 0.374. The zero-order valence-electron chi connectivity index (χ0n) is 10.5. The van der Waals surface area contributed by atoms with Crippen LogP contribution >= 0.6 is 11.3 Å². The van der Waals surface area contributed by atoms with Gasteiger partial charge in [0.2, 0.25) is 0 Å². The zero-order valence-corrected chi connectivity index (χ0v) is 13.7. The molecule has 99 valence electrons. The molecule has 2 heterocycles. The van der Waals surface area contributed by atoms with Gasteiger partial charge in [-0.2, -0.15) is 11.3 Å². The minimum absolute atomic E-state index is 0. The van der Waals surface area contributed by atoms with Gasteiger partial charge in [-0.25, -0.2) is 0 Å². The van der Waals surface area contributed by atoms with Gasteiger partial charge in [0.05, 0.1) is 0 Å². The summed E-state index contributed by atoms with van der Waals surface area (Å²) in [5.74, 6) is 0. The molecule has 1 radical (unpaired) electrons. The van der Waals surface area contributed by atoms with E-state index in [1.807, 2.05) is 12.3 Å². The second-order valence-electron chi connectivity index (χ2n) is 4.44. The molecule has 0 N–H and O–H groups in total. The fraction of sp³-hybridized carbons (Fsp3) is 0. The van der Waals surface area contributed by atoms with E-state index < -0.39 is 0 Å². The molecule has 0 aliphatic carbocycles. The normalized spacial score (nSPS) is 10.6. The van der Waals surface area contributed by atoms with Crippen molar-refractivity contribution < 1.29 is 20.1 Å². The summed E-state index contributed by atoms with van der Waals surface area (Å²) in [5.41, 5.74) is 2.12.